The monoisotopic (exact) mass is 411 g/mol. The molecule has 0 aliphatic carbocycles. The molecule has 4 nitrogen and oxygen atoms in total. The van der Waals surface area contributed by atoms with E-state index in [1.54, 1.807) is 30.3 Å². The van der Waals surface area contributed by atoms with E-state index in [0.717, 1.165) is 4.47 Å². The number of hydrogen-bond donors (Lipinski definition) is 0. The van der Waals surface area contributed by atoms with E-state index in [1.807, 2.05) is 0 Å². The van der Waals surface area contributed by atoms with Crippen molar-refractivity contribution in [3.05, 3.63) is 69.8 Å². The molecule has 0 radical (unpaired) electrons. The molecule has 0 saturated heterocycles. The quantitative estimate of drug-likeness (QED) is 0.571. The maximum Gasteiger partial charge on any atom is 0.303 e. The van der Waals surface area contributed by atoms with Crippen molar-refractivity contribution in [3.8, 4) is 0 Å². The van der Waals surface area contributed by atoms with Gasteiger partial charge < -0.3 is 5.21 Å². The van der Waals surface area contributed by atoms with Crippen LogP contribution in [0.5, 0.6) is 0 Å². The molecule has 126 valence electrons. The molecule has 0 N–H and O–H groups in total. The third kappa shape index (κ3) is 2.56. The van der Waals surface area contributed by atoms with Crippen molar-refractivity contribution in [2.75, 3.05) is 0 Å². The Kier molecular flexibility index (Phi) is 4.25. The molecule has 3 rings (SSSR count). The molecular formula is C17H15BrFNO3S. The molecule has 1 aliphatic heterocycles. The van der Waals surface area contributed by atoms with Crippen LogP contribution in [0.2, 0.25) is 0 Å². The molecule has 1 heterocycles. The van der Waals surface area contributed by atoms with Crippen LogP contribution in [0.4, 0.5) is 4.39 Å². The molecule has 3 atom stereocenters. The Hall–Kier alpha value is -1.73. The highest BCUT2D eigenvalue weighted by Crippen LogP contribution is 2.45. The number of nitrogens with zero attached hydrogens (tertiary/aromatic N) is 1. The predicted molar refractivity (Wildman–Crippen MR) is 93.5 cm³/mol. The van der Waals surface area contributed by atoms with Gasteiger partial charge in [0.2, 0.25) is 16.1 Å². The summed E-state index contributed by atoms with van der Waals surface area (Å²) in [6.45, 7) is 1.53. The van der Waals surface area contributed by atoms with E-state index in [9.17, 15) is 13.6 Å². The number of alkyl halides is 1. The van der Waals surface area contributed by atoms with E-state index in [-0.39, 0.29) is 4.90 Å². The zero-order valence-corrected chi connectivity index (χ0v) is 15.2. The molecule has 0 amide bonds. The summed E-state index contributed by atoms with van der Waals surface area (Å²) in [5, 5.41) is 9.26. The van der Waals surface area contributed by atoms with Crippen LogP contribution in [0.3, 0.4) is 0 Å². The van der Waals surface area contributed by atoms with Gasteiger partial charge in [0.25, 0.3) is 0 Å². The highest BCUT2D eigenvalue weighted by atomic mass is 79.9. The smallest absolute Gasteiger partial charge is 0.303 e. The van der Waals surface area contributed by atoms with Gasteiger partial charge in [-0.3, -0.25) is 0 Å². The summed E-state index contributed by atoms with van der Waals surface area (Å²) in [5.41, 5.74) is 0.460. The van der Waals surface area contributed by atoms with Crippen LogP contribution in [-0.2, 0) is 9.84 Å². The van der Waals surface area contributed by atoms with Gasteiger partial charge in [-0.1, -0.05) is 46.3 Å². The summed E-state index contributed by atoms with van der Waals surface area (Å²) in [4.78, 5) is -0.145. The van der Waals surface area contributed by atoms with Crippen LogP contribution >= 0.6 is 15.9 Å². The van der Waals surface area contributed by atoms with E-state index in [1.165, 1.54) is 31.2 Å². The molecular weight excluding hydrogens is 397 g/mol. The summed E-state index contributed by atoms with van der Waals surface area (Å²) in [5.74, 6) is -1.12. The van der Waals surface area contributed by atoms with Gasteiger partial charge in [0.15, 0.2) is 6.04 Å². The lowest BCUT2D eigenvalue weighted by molar-refractivity contribution is -0.486. The van der Waals surface area contributed by atoms with E-state index in [4.69, 9.17) is 0 Å². The molecule has 0 unspecified atom stereocenters. The molecule has 0 aromatic heterocycles. The van der Waals surface area contributed by atoms with Crippen molar-refractivity contribution in [2.24, 2.45) is 0 Å². The van der Waals surface area contributed by atoms with Crippen LogP contribution in [0, 0.1) is 5.21 Å². The third-order valence-electron chi connectivity index (χ3n) is 4.31. The average molecular weight is 412 g/mol. The number of rotatable bonds is 3. The standard InChI is InChI=1S/C17H15BrFNO3S/c1-12-16(13-7-9-14(18)10-8-13)17(19,11-20(12)21)24(22,23)15-5-3-2-4-6-15/h2-12,16H,1H3/t12-,16+,17+/m0/s1. The Morgan fingerprint density at radius 2 is 1.71 bits per heavy atom. The van der Waals surface area contributed by atoms with Crippen molar-refractivity contribution in [3.63, 3.8) is 0 Å². The maximum absolute atomic E-state index is 15.8. The van der Waals surface area contributed by atoms with Gasteiger partial charge in [0, 0.05) is 4.47 Å². The number of halogens is 2. The van der Waals surface area contributed by atoms with Gasteiger partial charge in [-0.2, -0.15) is 0 Å². The van der Waals surface area contributed by atoms with Crippen molar-refractivity contribution in [1.82, 2.24) is 0 Å². The first-order valence-corrected chi connectivity index (χ1v) is 9.60. The molecule has 2 aromatic rings. The maximum atomic E-state index is 15.8. The zero-order valence-electron chi connectivity index (χ0n) is 12.8. The Balaban J connectivity index is 2.17. The summed E-state index contributed by atoms with van der Waals surface area (Å²) < 4.78 is 42.8. The Morgan fingerprint density at radius 3 is 2.29 bits per heavy atom. The van der Waals surface area contributed by atoms with Crippen LogP contribution < -0.4 is 0 Å². The number of benzene rings is 2. The molecule has 0 spiro atoms. The fourth-order valence-corrected chi connectivity index (χ4v) is 5.09. The Morgan fingerprint density at radius 1 is 1.12 bits per heavy atom. The summed E-state index contributed by atoms with van der Waals surface area (Å²) in [7, 11) is -4.39. The first kappa shape index (κ1) is 17.1. The van der Waals surface area contributed by atoms with Crippen molar-refractivity contribution >= 4 is 32.0 Å². The molecule has 1 aliphatic rings. The SMILES string of the molecule is C[C@H]1[C@H](c2ccc(Br)cc2)[C@](F)(S(=O)(=O)c2ccccc2)C=[N+]1[O-]. The summed E-state index contributed by atoms with van der Waals surface area (Å²) in [6.07, 6.45) is 0.646. The zero-order chi connectivity index (χ0) is 17.5. The molecule has 7 heteroatoms. The molecule has 0 saturated carbocycles. The fourth-order valence-electron chi connectivity index (χ4n) is 3.04. The Labute approximate surface area is 148 Å². The molecule has 2 aromatic carbocycles. The second-order valence-corrected chi connectivity index (χ2v) is 8.79. The second kappa shape index (κ2) is 5.97. The number of sulfone groups is 1. The fraction of sp³-hybridized carbons (Fsp3) is 0.235. The molecule has 0 fully saturated rings. The van der Waals surface area contributed by atoms with Gasteiger partial charge in [-0.05, 0) is 36.8 Å². The van der Waals surface area contributed by atoms with E-state index < -0.39 is 26.8 Å². The van der Waals surface area contributed by atoms with Crippen molar-refractivity contribution in [1.29, 1.82) is 0 Å². The van der Waals surface area contributed by atoms with Crippen LogP contribution in [0.25, 0.3) is 0 Å². The van der Waals surface area contributed by atoms with Gasteiger partial charge in [-0.25, -0.2) is 17.5 Å². The first-order valence-electron chi connectivity index (χ1n) is 7.33. The first-order chi connectivity index (χ1) is 11.3. The lowest BCUT2D eigenvalue weighted by Crippen LogP contribution is -2.41. The lowest BCUT2D eigenvalue weighted by atomic mass is 9.90. The Bertz CT molecular complexity index is 884. The van der Waals surface area contributed by atoms with E-state index in [2.05, 4.69) is 15.9 Å². The minimum absolute atomic E-state index is 0.145. The van der Waals surface area contributed by atoms with Crippen LogP contribution in [0.15, 0.2) is 64.0 Å². The predicted octanol–water partition coefficient (Wildman–Crippen LogP) is 3.66. The lowest BCUT2D eigenvalue weighted by Gasteiger charge is -2.25. The van der Waals surface area contributed by atoms with Crippen LogP contribution in [0.1, 0.15) is 18.4 Å². The second-order valence-electron chi connectivity index (χ2n) is 5.77. The van der Waals surface area contributed by atoms with E-state index in [0.29, 0.717) is 16.5 Å². The minimum atomic E-state index is -4.39. The van der Waals surface area contributed by atoms with Gasteiger partial charge in [-0.15, -0.1) is 0 Å². The van der Waals surface area contributed by atoms with Crippen molar-refractivity contribution < 1.29 is 17.5 Å². The van der Waals surface area contributed by atoms with E-state index >= 15 is 4.39 Å². The summed E-state index contributed by atoms with van der Waals surface area (Å²) >= 11 is 3.29. The normalized spacial score (nSPS) is 27.0. The van der Waals surface area contributed by atoms with Gasteiger partial charge in [0.05, 0.1) is 4.90 Å². The number of hydroxylamine groups is 1. The summed E-state index contributed by atoms with van der Waals surface area (Å²) in [6, 6.07) is 13.2. The van der Waals surface area contributed by atoms with Crippen molar-refractivity contribution in [2.45, 2.75) is 28.8 Å². The highest BCUT2D eigenvalue weighted by Gasteiger charge is 2.62. The van der Waals surface area contributed by atoms with Gasteiger partial charge in [0.1, 0.15) is 5.92 Å². The topological polar surface area (TPSA) is 60.2 Å². The number of hydrogen-bond acceptors (Lipinski definition) is 3. The average Bonchev–Trinajstić information content (AvgIpc) is 2.80. The molecule has 24 heavy (non-hydrogen) atoms. The minimum Gasteiger partial charge on any atom is -0.624 e. The largest absolute Gasteiger partial charge is 0.624 e. The third-order valence-corrected chi connectivity index (χ3v) is 6.91. The molecule has 0 bridgehead atoms. The van der Waals surface area contributed by atoms with Gasteiger partial charge >= 0.3 is 5.00 Å². The van der Waals surface area contributed by atoms with Crippen LogP contribution in [-0.4, -0.2) is 30.4 Å². The highest BCUT2D eigenvalue weighted by molar-refractivity contribution is 9.10.